The molecule has 0 N–H and O–H groups in total. The fraction of sp³-hybridized carbons (Fsp3) is 0.222. The lowest BCUT2D eigenvalue weighted by Crippen LogP contribution is -2.33. The zero-order valence-corrected chi connectivity index (χ0v) is 8.45. The van der Waals surface area contributed by atoms with Crippen LogP contribution in [0.2, 0.25) is 0 Å². The first kappa shape index (κ1) is 13.0. The number of carbonyl (C=O) groups is 1. The minimum Gasteiger partial charge on any atom is -0.282 e. The van der Waals surface area contributed by atoms with E-state index >= 15 is 0 Å². The third kappa shape index (κ3) is 2.34. The molecule has 0 radical (unpaired) electrons. The van der Waals surface area contributed by atoms with Crippen molar-refractivity contribution in [3.05, 3.63) is 35.4 Å². The zero-order valence-electron chi connectivity index (χ0n) is 7.55. The molecule has 7 heteroatoms. The Bertz CT molecular complexity index is 413. The van der Waals surface area contributed by atoms with Gasteiger partial charge in [0.2, 0.25) is 5.12 Å². The molecular formula is C9H5F5OS. The molecule has 0 amide bonds. The fourth-order valence-electron chi connectivity index (χ4n) is 1.01. The van der Waals surface area contributed by atoms with Crippen LogP contribution in [0.15, 0.2) is 24.3 Å². The highest BCUT2D eigenvalue weighted by molar-refractivity contribution is 7.97. The van der Waals surface area contributed by atoms with Gasteiger partial charge in [0.25, 0.3) is 0 Å². The number of hydrogen-bond acceptors (Lipinski definition) is 1. The van der Waals surface area contributed by atoms with Crippen molar-refractivity contribution in [2.24, 2.45) is 0 Å². The Balaban J connectivity index is 3.24. The molecule has 0 aromatic heterocycles. The van der Waals surface area contributed by atoms with Gasteiger partial charge in [-0.05, 0) is 6.07 Å². The normalized spacial score (nSPS) is 12.6. The van der Waals surface area contributed by atoms with E-state index in [4.69, 9.17) is 0 Å². The number of alkyl halides is 5. The van der Waals surface area contributed by atoms with Gasteiger partial charge in [0.05, 0.1) is 0 Å². The SMILES string of the molecule is O=C(S)c1cccc(C(F)(F)C(F)(F)F)c1. The predicted molar refractivity (Wildman–Crippen MR) is 49.7 cm³/mol. The number of thiol groups is 1. The molecule has 0 unspecified atom stereocenters. The Hall–Kier alpha value is -1.11. The van der Waals surface area contributed by atoms with Gasteiger partial charge in [-0.2, -0.15) is 22.0 Å². The number of benzene rings is 1. The minimum absolute atomic E-state index is 0.315. The van der Waals surface area contributed by atoms with Crippen LogP contribution in [0.5, 0.6) is 0 Å². The lowest BCUT2D eigenvalue weighted by atomic mass is 10.1. The maximum atomic E-state index is 12.8. The van der Waals surface area contributed by atoms with E-state index in [-0.39, 0.29) is 5.56 Å². The van der Waals surface area contributed by atoms with Gasteiger partial charge < -0.3 is 0 Å². The minimum atomic E-state index is -5.69. The van der Waals surface area contributed by atoms with Crippen LogP contribution in [0.1, 0.15) is 15.9 Å². The number of carbonyl (C=O) groups excluding carboxylic acids is 1. The van der Waals surface area contributed by atoms with Crippen molar-refractivity contribution in [2.45, 2.75) is 12.1 Å². The molecule has 0 aliphatic carbocycles. The molecule has 1 aromatic rings. The maximum Gasteiger partial charge on any atom is 0.458 e. The van der Waals surface area contributed by atoms with Crippen molar-refractivity contribution < 1.29 is 26.7 Å². The monoisotopic (exact) mass is 256 g/mol. The Morgan fingerprint density at radius 3 is 2.12 bits per heavy atom. The second-order valence-corrected chi connectivity index (χ2v) is 3.36. The summed E-state index contributed by atoms with van der Waals surface area (Å²) in [5.74, 6) is -4.98. The summed E-state index contributed by atoms with van der Waals surface area (Å²) in [5, 5.41) is -0.875. The third-order valence-corrected chi connectivity index (χ3v) is 2.09. The summed E-state index contributed by atoms with van der Waals surface area (Å²) in [6.45, 7) is 0. The highest BCUT2D eigenvalue weighted by Crippen LogP contribution is 2.43. The van der Waals surface area contributed by atoms with Crippen LogP contribution in [-0.2, 0) is 5.92 Å². The zero-order chi connectivity index (χ0) is 12.6. The number of halogens is 5. The quantitative estimate of drug-likeness (QED) is 0.633. The van der Waals surface area contributed by atoms with Crippen molar-refractivity contribution in [3.8, 4) is 0 Å². The van der Waals surface area contributed by atoms with Crippen molar-refractivity contribution in [1.82, 2.24) is 0 Å². The molecular weight excluding hydrogens is 251 g/mol. The Morgan fingerprint density at radius 1 is 1.12 bits per heavy atom. The van der Waals surface area contributed by atoms with E-state index in [2.05, 4.69) is 12.6 Å². The largest absolute Gasteiger partial charge is 0.458 e. The van der Waals surface area contributed by atoms with E-state index in [1.807, 2.05) is 0 Å². The molecule has 0 heterocycles. The fourth-order valence-corrected chi connectivity index (χ4v) is 1.15. The van der Waals surface area contributed by atoms with Gasteiger partial charge in [-0.15, -0.1) is 12.6 Å². The standard InChI is InChI=1S/C9H5F5OS/c10-8(11,9(12,13)14)6-3-1-2-5(4-6)7(15)16/h1-4H,(H,15,16). The van der Waals surface area contributed by atoms with Gasteiger partial charge in [-0.3, -0.25) is 4.79 Å². The van der Waals surface area contributed by atoms with Gasteiger partial charge in [-0.1, -0.05) is 18.2 Å². The average Bonchev–Trinajstić information content (AvgIpc) is 2.16. The first-order chi connectivity index (χ1) is 7.16. The summed E-state index contributed by atoms with van der Waals surface area (Å²) in [6.07, 6.45) is -5.69. The molecule has 0 atom stereocenters. The van der Waals surface area contributed by atoms with Gasteiger partial charge in [-0.25, -0.2) is 0 Å². The molecule has 0 aliphatic rings. The highest BCUT2D eigenvalue weighted by Gasteiger charge is 2.58. The summed E-state index contributed by atoms with van der Waals surface area (Å²) >= 11 is 3.34. The van der Waals surface area contributed by atoms with Crippen LogP contribution >= 0.6 is 12.6 Å². The lowest BCUT2D eigenvalue weighted by molar-refractivity contribution is -0.289. The molecule has 88 valence electrons. The van der Waals surface area contributed by atoms with Crippen LogP contribution in [0.25, 0.3) is 0 Å². The van der Waals surface area contributed by atoms with Crippen molar-refractivity contribution in [2.75, 3.05) is 0 Å². The summed E-state index contributed by atoms with van der Waals surface area (Å²) in [4.78, 5) is 10.7. The van der Waals surface area contributed by atoms with E-state index in [0.717, 1.165) is 12.1 Å². The first-order valence-corrected chi connectivity index (χ1v) is 4.39. The molecule has 0 saturated carbocycles. The Labute approximate surface area is 92.7 Å². The van der Waals surface area contributed by atoms with Gasteiger partial charge in [0.1, 0.15) is 0 Å². The summed E-state index contributed by atoms with van der Waals surface area (Å²) < 4.78 is 61.7. The molecule has 1 rings (SSSR count). The second-order valence-electron chi connectivity index (χ2n) is 2.96. The van der Waals surface area contributed by atoms with Crippen LogP contribution in [0, 0.1) is 0 Å². The van der Waals surface area contributed by atoms with E-state index in [0.29, 0.717) is 12.1 Å². The summed E-state index contributed by atoms with van der Waals surface area (Å²) in [5.41, 5.74) is -1.59. The number of hydrogen-bond donors (Lipinski definition) is 1. The van der Waals surface area contributed by atoms with Crippen LogP contribution < -0.4 is 0 Å². The Kier molecular flexibility index (Phi) is 3.27. The lowest BCUT2D eigenvalue weighted by Gasteiger charge is -2.20. The molecule has 0 bridgehead atoms. The molecule has 0 saturated heterocycles. The van der Waals surface area contributed by atoms with Crippen LogP contribution in [0.3, 0.4) is 0 Å². The van der Waals surface area contributed by atoms with E-state index in [1.165, 1.54) is 0 Å². The molecule has 0 fully saturated rings. The van der Waals surface area contributed by atoms with E-state index in [9.17, 15) is 26.7 Å². The summed E-state index contributed by atoms with van der Waals surface area (Å²) in [7, 11) is 0. The van der Waals surface area contributed by atoms with Crippen molar-refractivity contribution >= 4 is 17.7 Å². The molecule has 16 heavy (non-hydrogen) atoms. The smallest absolute Gasteiger partial charge is 0.282 e. The third-order valence-electron chi connectivity index (χ3n) is 1.83. The highest BCUT2D eigenvalue weighted by atomic mass is 32.1. The van der Waals surface area contributed by atoms with Gasteiger partial charge in [0, 0.05) is 11.1 Å². The first-order valence-electron chi connectivity index (χ1n) is 3.94. The van der Waals surface area contributed by atoms with Gasteiger partial charge >= 0.3 is 12.1 Å². The predicted octanol–water partition coefficient (Wildman–Crippen LogP) is 3.41. The van der Waals surface area contributed by atoms with E-state index < -0.39 is 22.8 Å². The average molecular weight is 256 g/mol. The molecule has 1 nitrogen and oxygen atoms in total. The van der Waals surface area contributed by atoms with Crippen LogP contribution in [0.4, 0.5) is 22.0 Å². The maximum absolute atomic E-state index is 12.8. The molecule has 0 spiro atoms. The summed E-state index contributed by atoms with van der Waals surface area (Å²) in [6, 6.07) is 3.13. The number of rotatable bonds is 2. The molecule has 0 aliphatic heterocycles. The second kappa shape index (κ2) is 4.04. The van der Waals surface area contributed by atoms with Gasteiger partial charge in [0.15, 0.2) is 0 Å². The molecule has 1 aromatic carbocycles. The van der Waals surface area contributed by atoms with E-state index in [1.54, 1.807) is 0 Å². The van der Waals surface area contributed by atoms with Crippen LogP contribution in [-0.4, -0.2) is 11.3 Å². The van der Waals surface area contributed by atoms with Crippen molar-refractivity contribution in [3.63, 3.8) is 0 Å². The topological polar surface area (TPSA) is 17.1 Å². The Morgan fingerprint density at radius 2 is 1.69 bits per heavy atom. The van der Waals surface area contributed by atoms with Crippen molar-refractivity contribution in [1.29, 1.82) is 0 Å².